The smallest absolute Gasteiger partial charge is 0.255 e. The minimum absolute atomic E-state index is 0.0727. The topological polar surface area (TPSA) is 77.7 Å². The van der Waals surface area contributed by atoms with E-state index in [9.17, 15) is 4.79 Å². The van der Waals surface area contributed by atoms with Crippen molar-refractivity contribution < 1.29 is 0 Å². The lowest BCUT2D eigenvalue weighted by Gasteiger charge is -2.26. The third kappa shape index (κ3) is 3.30. The summed E-state index contributed by atoms with van der Waals surface area (Å²) in [6.07, 6.45) is 0.749. The zero-order chi connectivity index (χ0) is 18.3. The molecule has 0 saturated heterocycles. The molecule has 0 aliphatic carbocycles. The molecule has 1 aliphatic rings. The molecule has 0 fully saturated rings. The van der Waals surface area contributed by atoms with Crippen molar-refractivity contribution in [1.29, 1.82) is 0 Å². The Kier molecular flexibility index (Phi) is 4.38. The molecule has 1 aliphatic heterocycles. The van der Waals surface area contributed by atoms with Gasteiger partial charge in [0.05, 0.1) is 23.5 Å². The third-order valence-electron chi connectivity index (χ3n) is 4.82. The Morgan fingerprint density at radius 3 is 2.62 bits per heavy atom. The summed E-state index contributed by atoms with van der Waals surface area (Å²) in [7, 11) is 0. The van der Waals surface area contributed by atoms with Gasteiger partial charge in [-0.15, -0.1) is 0 Å². The number of aryl methyl sites for hydroxylation is 2. The molecule has 0 unspecified atom stereocenters. The summed E-state index contributed by atoms with van der Waals surface area (Å²) in [5.74, 6) is 1.53. The van der Waals surface area contributed by atoms with Gasteiger partial charge in [-0.05, 0) is 38.1 Å². The van der Waals surface area contributed by atoms with Gasteiger partial charge in [0.25, 0.3) is 5.56 Å². The molecule has 26 heavy (non-hydrogen) atoms. The molecular weight excluding hydrogens is 350 g/mol. The first-order valence-corrected chi connectivity index (χ1v) is 9.00. The number of hydrogen-bond acceptors (Lipinski definition) is 4. The first kappa shape index (κ1) is 17.0. The van der Waals surface area contributed by atoms with Crippen LogP contribution >= 0.6 is 11.6 Å². The predicted octanol–water partition coefficient (Wildman–Crippen LogP) is 2.99. The van der Waals surface area contributed by atoms with Gasteiger partial charge in [-0.3, -0.25) is 9.69 Å². The van der Waals surface area contributed by atoms with Crippen LogP contribution in [0, 0.1) is 13.8 Å². The van der Waals surface area contributed by atoms with Gasteiger partial charge in [-0.2, -0.15) is 0 Å². The zero-order valence-electron chi connectivity index (χ0n) is 14.8. The number of H-pyrrole nitrogens is 2. The number of benzene rings is 1. The van der Waals surface area contributed by atoms with Crippen molar-refractivity contribution in [2.75, 3.05) is 6.54 Å². The standard InChI is InChI=1S/C19H20ClN5O/c1-11-12(2)22-17(21-11)10-25-8-7-16-15(9-25)19(26)24-18(23-16)13-3-5-14(20)6-4-13/h3-6H,7-10H2,1-2H3,(H,21,22)(H,23,24,26). The molecule has 134 valence electrons. The van der Waals surface area contributed by atoms with E-state index in [-0.39, 0.29) is 5.56 Å². The van der Waals surface area contributed by atoms with Crippen molar-refractivity contribution in [1.82, 2.24) is 24.8 Å². The van der Waals surface area contributed by atoms with E-state index in [1.165, 1.54) is 0 Å². The fourth-order valence-corrected chi connectivity index (χ4v) is 3.39. The molecule has 2 aromatic heterocycles. The predicted molar refractivity (Wildman–Crippen MR) is 101 cm³/mol. The molecule has 0 radical (unpaired) electrons. The number of halogens is 1. The number of fused-ring (bicyclic) bond motifs is 1. The van der Waals surface area contributed by atoms with Gasteiger partial charge in [0.2, 0.25) is 0 Å². The van der Waals surface area contributed by atoms with Crippen LogP contribution in [0.15, 0.2) is 29.1 Å². The maximum atomic E-state index is 12.6. The van der Waals surface area contributed by atoms with Crippen LogP contribution in [0.25, 0.3) is 11.4 Å². The van der Waals surface area contributed by atoms with Crippen LogP contribution < -0.4 is 5.56 Å². The minimum atomic E-state index is -0.0727. The molecule has 0 saturated carbocycles. The van der Waals surface area contributed by atoms with Crippen molar-refractivity contribution in [2.24, 2.45) is 0 Å². The summed E-state index contributed by atoms with van der Waals surface area (Å²) >= 11 is 5.93. The SMILES string of the molecule is Cc1nc(CN2CCc3nc(-c4ccc(Cl)cc4)[nH]c(=O)c3C2)[nH]c1C. The van der Waals surface area contributed by atoms with Crippen LogP contribution in [0.5, 0.6) is 0 Å². The largest absolute Gasteiger partial charge is 0.345 e. The van der Waals surface area contributed by atoms with E-state index >= 15 is 0 Å². The number of hydrogen-bond donors (Lipinski definition) is 2. The Bertz CT molecular complexity index is 986. The Morgan fingerprint density at radius 2 is 1.92 bits per heavy atom. The third-order valence-corrected chi connectivity index (χ3v) is 5.07. The van der Waals surface area contributed by atoms with E-state index in [4.69, 9.17) is 11.6 Å². The molecule has 1 aromatic carbocycles. The van der Waals surface area contributed by atoms with Crippen LogP contribution in [0.1, 0.15) is 28.5 Å². The van der Waals surface area contributed by atoms with Gasteiger partial charge in [-0.1, -0.05) is 11.6 Å². The first-order chi connectivity index (χ1) is 12.5. The first-order valence-electron chi connectivity index (χ1n) is 8.62. The molecule has 6 nitrogen and oxygen atoms in total. The number of imidazole rings is 1. The summed E-state index contributed by atoms with van der Waals surface area (Å²) in [6.45, 7) is 6.14. The van der Waals surface area contributed by atoms with Gasteiger partial charge in [0.15, 0.2) is 0 Å². The maximum absolute atomic E-state index is 12.6. The van der Waals surface area contributed by atoms with Crippen molar-refractivity contribution in [3.63, 3.8) is 0 Å². The summed E-state index contributed by atoms with van der Waals surface area (Å²) < 4.78 is 0. The Labute approximate surface area is 156 Å². The number of nitrogens with one attached hydrogen (secondary N) is 2. The summed E-state index contributed by atoms with van der Waals surface area (Å²) in [4.78, 5) is 30.3. The number of nitrogens with zero attached hydrogens (tertiary/aromatic N) is 3. The Hall–Kier alpha value is -2.44. The minimum Gasteiger partial charge on any atom is -0.345 e. The molecule has 0 spiro atoms. The van der Waals surface area contributed by atoms with Crippen molar-refractivity contribution in [3.8, 4) is 11.4 Å². The number of aromatic amines is 2. The average Bonchev–Trinajstić information content (AvgIpc) is 2.93. The van der Waals surface area contributed by atoms with Crippen molar-refractivity contribution in [3.05, 3.63) is 68.1 Å². The van der Waals surface area contributed by atoms with Crippen LogP contribution in [0.3, 0.4) is 0 Å². The maximum Gasteiger partial charge on any atom is 0.255 e. The molecule has 3 heterocycles. The highest BCUT2D eigenvalue weighted by Crippen LogP contribution is 2.21. The highest BCUT2D eigenvalue weighted by atomic mass is 35.5. The number of rotatable bonds is 3. The molecule has 0 bridgehead atoms. The Morgan fingerprint density at radius 1 is 1.15 bits per heavy atom. The fraction of sp³-hybridized carbons (Fsp3) is 0.316. The van der Waals surface area contributed by atoms with E-state index in [1.807, 2.05) is 26.0 Å². The lowest BCUT2D eigenvalue weighted by Crippen LogP contribution is -2.35. The van der Waals surface area contributed by atoms with E-state index < -0.39 is 0 Å². The second kappa shape index (κ2) is 6.70. The summed E-state index contributed by atoms with van der Waals surface area (Å²) in [6, 6.07) is 7.32. The van der Waals surface area contributed by atoms with E-state index in [0.29, 0.717) is 23.9 Å². The normalized spacial score (nSPS) is 14.4. The second-order valence-corrected chi connectivity index (χ2v) is 7.14. The fourth-order valence-electron chi connectivity index (χ4n) is 3.27. The van der Waals surface area contributed by atoms with Gasteiger partial charge < -0.3 is 9.97 Å². The molecule has 0 amide bonds. The molecule has 4 rings (SSSR count). The van der Waals surface area contributed by atoms with Crippen LogP contribution in [-0.2, 0) is 19.5 Å². The van der Waals surface area contributed by atoms with Crippen molar-refractivity contribution in [2.45, 2.75) is 33.4 Å². The lowest BCUT2D eigenvalue weighted by atomic mass is 10.1. The van der Waals surface area contributed by atoms with Gasteiger partial charge in [0, 0.05) is 35.8 Å². The van der Waals surface area contributed by atoms with Crippen LogP contribution in [-0.4, -0.2) is 31.4 Å². The molecule has 2 N–H and O–H groups in total. The zero-order valence-corrected chi connectivity index (χ0v) is 15.5. The average molecular weight is 370 g/mol. The summed E-state index contributed by atoms with van der Waals surface area (Å²) in [5.41, 5.74) is 4.51. The monoisotopic (exact) mass is 369 g/mol. The van der Waals surface area contributed by atoms with E-state index in [2.05, 4.69) is 24.8 Å². The summed E-state index contributed by atoms with van der Waals surface area (Å²) in [5, 5.41) is 0.660. The molecule has 3 aromatic rings. The van der Waals surface area contributed by atoms with E-state index in [1.54, 1.807) is 12.1 Å². The molecular formula is C19H20ClN5O. The lowest BCUT2D eigenvalue weighted by molar-refractivity contribution is 0.236. The van der Waals surface area contributed by atoms with Crippen molar-refractivity contribution >= 4 is 11.6 Å². The van der Waals surface area contributed by atoms with Crippen LogP contribution in [0.2, 0.25) is 5.02 Å². The quantitative estimate of drug-likeness (QED) is 0.744. The van der Waals surface area contributed by atoms with Gasteiger partial charge >= 0.3 is 0 Å². The van der Waals surface area contributed by atoms with Gasteiger partial charge in [-0.25, -0.2) is 9.97 Å². The molecule has 0 atom stereocenters. The van der Waals surface area contributed by atoms with E-state index in [0.717, 1.165) is 47.0 Å². The number of aromatic nitrogens is 4. The van der Waals surface area contributed by atoms with Gasteiger partial charge in [0.1, 0.15) is 11.6 Å². The second-order valence-electron chi connectivity index (χ2n) is 6.70. The van der Waals surface area contributed by atoms with Crippen LogP contribution in [0.4, 0.5) is 0 Å². The highest BCUT2D eigenvalue weighted by molar-refractivity contribution is 6.30. The highest BCUT2D eigenvalue weighted by Gasteiger charge is 2.22. The Balaban J connectivity index is 1.58. The molecule has 7 heteroatoms.